The molecule has 2 aliphatic rings. The highest BCUT2D eigenvalue weighted by molar-refractivity contribution is 5.81. The van der Waals surface area contributed by atoms with E-state index in [0.29, 0.717) is 19.8 Å². The first-order chi connectivity index (χ1) is 5.78. The fraction of sp³-hybridized carbons (Fsp3) is 0.875. The summed E-state index contributed by atoms with van der Waals surface area (Å²) in [6, 6.07) is 0. The minimum atomic E-state index is -0.132. The van der Waals surface area contributed by atoms with Crippen LogP contribution in [0.1, 0.15) is 13.3 Å². The van der Waals surface area contributed by atoms with E-state index in [4.69, 9.17) is 4.74 Å². The van der Waals surface area contributed by atoms with Crippen LogP contribution in [0.3, 0.4) is 0 Å². The van der Waals surface area contributed by atoms with E-state index in [1.165, 1.54) is 0 Å². The standard InChI is InChI=1S/C8H14N2O2/c1-2-3-10-7(11)4-9-8(10)5-12-6-8/h9H,2-6H2,1H3. The summed E-state index contributed by atoms with van der Waals surface area (Å²) in [4.78, 5) is 13.3. The molecule has 68 valence electrons. The molecule has 0 radical (unpaired) electrons. The van der Waals surface area contributed by atoms with Gasteiger partial charge in [-0.05, 0) is 6.42 Å². The minimum absolute atomic E-state index is 0.132. The number of amides is 1. The summed E-state index contributed by atoms with van der Waals surface area (Å²) in [5, 5.41) is 3.21. The van der Waals surface area contributed by atoms with Crippen molar-refractivity contribution in [2.45, 2.75) is 19.0 Å². The molecule has 1 spiro atoms. The maximum absolute atomic E-state index is 11.4. The van der Waals surface area contributed by atoms with Gasteiger partial charge in [0.1, 0.15) is 5.66 Å². The number of nitrogens with zero attached hydrogens (tertiary/aromatic N) is 1. The molecule has 0 aromatic heterocycles. The SMILES string of the molecule is CCCN1C(=O)CNC12COC2. The van der Waals surface area contributed by atoms with E-state index >= 15 is 0 Å². The Morgan fingerprint density at radius 2 is 2.42 bits per heavy atom. The molecule has 2 saturated heterocycles. The molecule has 2 fully saturated rings. The lowest BCUT2D eigenvalue weighted by Crippen LogP contribution is -2.65. The van der Waals surface area contributed by atoms with Gasteiger partial charge in [-0.2, -0.15) is 0 Å². The third-order valence-corrected chi connectivity index (χ3v) is 2.52. The third kappa shape index (κ3) is 0.949. The lowest BCUT2D eigenvalue weighted by atomic mass is 10.1. The van der Waals surface area contributed by atoms with E-state index in [9.17, 15) is 4.79 Å². The minimum Gasteiger partial charge on any atom is -0.374 e. The zero-order valence-electron chi connectivity index (χ0n) is 7.30. The van der Waals surface area contributed by atoms with E-state index < -0.39 is 0 Å². The summed E-state index contributed by atoms with van der Waals surface area (Å²) in [6.45, 7) is 4.70. The van der Waals surface area contributed by atoms with Crippen molar-refractivity contribution in [1.82, 2.24) is 10.2 Å². The molecule has 0 bridgehead atoms. The molecule has 2 rings (SSSR count). The van der Waals surface area contributed by atoms with E-state index in [-0.39, 0.29) is 11.6 Å². The summed E-state index contributed by atoms with van der Waals surface area (Å²) in [6.07, 6.45) is 1.01. The van der Waals surface area contributed by atoms with Gasteiger partial charge in [0.05, 0.1) is 19.8 Å². The van der Waals surface area contributed by atoms with E-state index in [1.807, 2.05) is 4.90 Å². The second-order valence-corrected chi connectivity index (χ2v) is 3.42. The number of carbonyl (C=O) groups excluding carboxylic acids is 1. The molecule has 4 heteroatoms. The van der Waals surface area contributed by atoms with Gasteiger partial charge in [-0.1, -0.05) is 6.92 Å². The van der Waals surface area contributed by atoms with Crippen molar-refractivity contribution in [3.05, 3.63) is 0 Å². The largest absolute Gasteiger partial charge is 0.374 e. The lowest BCUT2D eigenvalue weighted by molar-refractivity contribution is -0.156. The van der Waals surface area contributed by atoms with Crippen LogP contribution in [0.4, 0.5) is 0 Å². The van der Waals surface area contributed by atoms with Crippen molar-refractivity contribution < 1.29 is 9.53 Å². The summed E-state index contributed by atoms with van der Waals surface area (Å²) in [5.41, 5.74) is -0.132. The van der Waals surface area contributed by atoms with Crippen LogP contribution in [-0.2, 0) is 9.53 Å². The van der Waals surface area contributed by atoms with Crippen LogP contribution >= 0.6 is 0 Å². The topological polar surface area (TPSA) is 41.6 Å². The zero-order valence-corrected chi connectivity index (χ0v) is 7.30. The summed E-state index contributed by atoms with van der Waals surface area (Å²) in [5.74, 6) is 0.208. The Morgan fingerprint density at radius 3 is 2.92 bits per heavy atom. The Morgan fingerprint density at radius 1 is 1.67 bits per heavy atom. The highest BCUT2D eigenvalue weighted by atomic mass is 16.5. The molecule has 2 aliphatic heterocycles. The van der Waals surface area contributed by atoms with Crippen LogP contribution < -0.4 is 5.32 Å². The maximum Gasteiger partial charge on any atom is 0.238 e. The van der Waals surface area contributed by atoms with Crippen molar-refractivity contribution >= 4 is 5.91 Å². The van der Waals surface area contributed by atoms with Crippen molar-refractivity contribution in [2.75, 3.05) is 26.3 Å². The highest BCUT2D eigenvalue weighted by Gasteiger charge is 2.50. The normalized spacial score (nSPS) is 26.4. The number of carbonyl (C=O) groups is 1. The molecular formula is C8H14N2O2. The van der Waals surface area contributed by atoms with Gasteiger partial charge in [0, 0.05) is 6.54 Å². The Hall–Kier alpha value is -0.610. The van der Waals surface area contributed by atoms with Crippen LogP contribution in [0.5, 0.6) is 0 Å². The van der Waals surface area contributed by atoms with Gasteiger partial charge in [0.2, 0.25) is 5.91 Å². The molecule has 0 aliphatic carbocycles. The van der Waals surface area contributed by atoms with Crippen LogP contribution in [0.15, 0.2) is 0 Å². The predicted octanol–water partition coefficient (Wildman–Crippen LogP) is -0.445. The van der Waals surface area contributed by atoms with Gasteiger partial charge in [0.15, 0.2) is 0 Å². The quantitative estimate of drug-likeness (QED) is 0.610. The third-order valence-electron chi connectivity index (χ3n) is 2.52. The predicted molar refractivity (Wildman–Crippen MR) is 43.6 cm³/mol. The van der Waals surface area contributed by atoms with Gasteiger partial charge in [-0.3, -0.25) is 10.1 Å². The van der Waals surface area contributed by atoms with Crippen LogP contribution in [0.25, 0.3) is 0 Å². The van der Waals surface area contributed by atoms with Crippen molar-refractivity contribution in [3.8, 4) is 0 Å². The van der Waals surface area contributed by atoms with Crippen LogP contribution in [-0.4, -0.2) is 42.8 Å². The Labute approximate surface area is 71.9 Å². The molecule has 1 amide bonds. The molecule has 0 atom stereocenters. The van der Waals surface area contributed by atoms with E-state index in [2.05, 4.69) is 12.2 Å². The fourth-order valence-corrected chi connectivity index (χ4v) is 1.79. The van der Waals surface area contributed by atoms with Crippen molar-refractivity contribution in [1.29, 1.82) is 0 Å². The second-order valence-electron chi connectivity index (χ2n) is 3.42. The van der Waals surface area contributed by atoms with Crippen molar-refractivity contribution in [3.63, 3.8) is 0 Å². The van der Waals surface area contributed by atoms with Gasteiger partial charge in [0.25, 0.3) is 0 Å². The average molecular weight is 170 g/mol. The van der Waals surface area contributed by atoms with Crippen LogP contribution in [0.2, 0.25) is 0 Å². The second kappa shape index (κ2) is 2.71. The van der Waals surface area contributed by atoms with E-state index in [1.54, 1.807) is 0 Å². The number of hydrogen-bond donors (Lipinski definition) is 1. The molecule has 0 aromatic carbocycles. The molecular weight excluding hydrogens is 156 g/mol. The number of ether oxygens (including phenoxy) is 1. The van der Waals surface area contributed by atoms with Gasteiger partial charge in [-0.15, -0.1) is 0 Å². The summed E-state index contributed by atoms with van der Waals surface area (Å²) >= 11 is 0. The molecule has 0 unspecified atom stereocenters. The molecule has 12 heavy (non-hydrogen) atoms. The first-order valence-corrected chi connectivity index (χ1v) is 4.42. The van der Waals surface area contributed by atoms with Gasteiger partial charge < -0.3 is 9.64 Å². The lowest BCUT2D eigenvalue weighted by Gasteiger charge is -2.44. The Balaban J connectivity index is 2.08. The fourth-order valence-electron chi connectivity index (χ4n) is 1.79. The molecule has 2 heterocycles. The smallest absolute Gasteiger partial charge is 0.238 e. The van der Waals surface area contributed by atoms with Gasteiger partial charge >= 0.3 is 0 Å². The Bertz CT molecular complexity index is 201. The summed E-state index contributed by atoms with van der Waals surface area (Å²) in [7, 11) is 0. The monoisotopic (exact) mass is 170 g/mol. The highest BCUT2D eigenvalue weighted by Crippen LogP contribution is 2.26. The van der Waals surface area contributed by atoms with Gasteiger partial charge in [-0.25, -0.2) is 0 Å². The average Bonchev–Trinajstić information content (AvgIpc) is 2.29. The number of nitrogens with one attached hydrogen (secondary N) is 1. The first-order valence-electron chi connectivity index (χ1n) is 4.42. The summed E-state index contributed by atoms with van der Waals surface area (Å²) < 4.78 is 5.13. The molecule has 0 saturated carbocycles. The Kier molecular flexibility index (Phi) is 1.81. The van der Waals surface area contributed by atoms with Crippen LogP contribution in [0, 0.1) is 0 Å². The zero-order chi connectivity index (χ0) is 8.60. The maximum atomic E-state index is 11.4. The van der Waals surface area contributed by atoms with Crippen molar-refractivity contribution in [2.24, 2.45) is 0 Å². The molecule has 1 N–H and O–H groups in total. The first kappa shape index (κ1) is 8.01. The number of hydrogen-bond acceptors (Lipinski definition) is 3. The number of rotatable bonds is 2. The molecule has 0 aromatic rings. The molecule has 4 nitrogen and oxygen atoms in total. The van der Waals surface area contributed by atoms with E-state index in [0.717, 1.165) is 13.0 Å².